The zero-order valence-corrected chi connectivity index (χ0v) is 4.96. The number of rotatable bonds is 4. The molecule has 0 aromatic rings. The minimum absolute atomic E-state index is 0.285. The van der Waals surface area contributed by atoms with Crippen molar-refractivity contribution in [2.45, 2.75) is 13.3 Å². The average Bonchev–Trinajstić information content (AvgIpc) is 1.80. The van der Waals surface area contributed by atoms with Gasteiger partial charge in [0.15, 0.2) is 0 Å². The van der Waals surface area contributed by atoms with E-state index in [1.165, 1.54) is 0 Å². The van der Waals surface area contributed by atoms with Crippen LogP contribution in [-0.4, -0.2) is 12.8 Å². The lowest BCUT2D eigenvalue weighted by molar-refractivity contribution is -0.508. The third-order valence-corrected chi connectivity index (χ3v) is 0.438. The Hall–Kier alpha value is -0.810. The monoisotopic (exact) mass is 135 g/mol. The van der Waals surface area contributed by atoms with E-state index in [4.69, 9.17) is 0 Å². The highest BCUT2D eigenvalue weighted by Gasteiger charge is 1.83. The van der Waals surface area contributed by atoms with E-state index in [1.807, 2.05) is 6.92 Å². The van der Waals surface area contributed by atoms with Crippen LogP contribution in [0.2, 0.25) is 0 Å². The van der Waals surface area contributed by atoms with Gasteiger partial charge in [0.05, 0.1) is 6.61 Å². The van der Waals surface area contributed by atoms with Crippen LogP contribution in [0, 0.1) is 0 Å². The summed E-state index contributed by atoms with van der Waals surface area (Å²) in [4.78, 5) is 17.0. The average molecular weight is 135 g/mol. The molecule has 0 heterocycles. The Morgan fingerprint density at radius 2 is 2.33 bits per heavy atom. The van der Waals surface area contributed by atoms with Crippen LogP contribution < -0.4 is 5.11 Å². The molecule has 0 atom stereocenters. The standard InChI is InChI=1S/C4H8O5/c1-2-3-7-9-8-4(5)6/h2-3H2,1H3,(H,5,6)/p-1. The molecule has 0 rings (SSSR count). The molecule has 0 bridgehead atoms. The summed E-state index contributed by atoms with van der Waals surface area (Å²) in [5, 5.41) is 13.1. The second-order valence-corrected chi connectivity index (χ2v) is 1.22. The lowest BCUT2D eigenvalue weighted by Crippen LogP contribution is -2.23. The van der Waals surface area contributed by atoms with Crippen LogP contribution in [0.3, 0.4) is 0 Å². The Labute approximate surface area is 52.0 Å². The predicted molar refractivity (Wildman–Crippen MR) is 23.8 cm³/mol. The fourth-order valence-electron chi connectivity index (χ4n) is 0.169. The maximum atomic E-state index is 9.42. The third-order valence-electron chi connectivity index (χ3n) is 0.438. The van der Waals surface area contributed by atoms with Crippen molar-refractivity contribution in [1.29, 1.82) is 0 Å². The minimum atomic E-state index is -1.77. The molecule has 9 heavy (non-hydrogen) atoms. The zero-order chi connectivity index (χ0) is 7.11. The first-order valence-corrected chi connectivity index (χ1v) is 2.44. The van der Waals surface area contributed by atoms with Crippen LogP contribution in [0.4, 0.5) is 4.79 Å². The molecule has 0 saturated heterocycles. The molecule has 54 valence electrons. The number of carbonyl (C=O) groups is 1. The first-order chi connectivity index (χ1) is 4.27. The van der Waals surface area contributed by atoms with Crippen LogP contribution in [-0.2, 0) is 14.8 Å². The van der Waals surface area contributed by atoms with Crippen molar-refractivity contribution >= 4 is 6.16 Å². The molecule has 0 aliphatic heterocycles. The number of hydrogen-bond acceptors (Lipinski definition) is 5. The van der Waals surface area contributed by atoms with E-state index < -0.39 is 6.16 Å². The molecule has 0 radical (unpaired) electrons. The second kappa shape index (κ2) is 5.33. The number of carbonyl (C=O) groups excluding carboxylic acids is 1. The first-order valence-electron chi connectivity index (χ1n) is 2.44. The molecule has 0 aromatic carbocycles. The van der Waals surface area contributed by atoms with Gasteiger partial charge in [-0.1, -0.05) is 12.0 Å². The van der Waals surface area contributed by atoms with Gasteiger partial charge in [0.2, 0.25) is 0 Å². The van der Waals surface area contributed by atoms with Gasteiger partial charge in [0, 0.05) is 0 Å². The third kappa shape index (κ3) is 7.19. The maximum Gasteiger partial charge on any atom is 0.281 e. The molecule has 0 aliphatic carbocycles. The first kappa shape index (κ1) is 8.19. The Bertz CT molecular complexity index is 81.0. The highest BCUT2D eigenvalue weighted by molar-refractivity contribution is 5.52. The number of hydrogen-bond donors (Lipinski definition) is 0. The largest absolute Gasteiger partial charge is 0.424 e. The van der Waals surface area contributed by atoms with Crippen molar-refractivity contribution in [3.63, 3.8) is 0 Å². The van der Waals surface area contributed by atoms with E-state index in [1.54, 1.807) is 0 Å². The number of carboxylic acid groups (broad SMARTS) is 1. The maximum absolute atomic E-state index is 9.42. The zero-order valence-electron chi connectivity index (χ0n) is 4.96. The van der Waals surface area contributed by atoms with Crippen LogP contribution in [0.1, 0.15) is 13.3 Å². The Balaban J connectivity index is 2.83. The van der Waals surface area contributed by atoms with Crippen molar-refractivity contribution in [3.05, 3.63) is 0 Å². The van der Waals surface area contributed by atoms with Crippen LogP contribution in [0.15, 0.2) is 0 Å². The van der Waals surface area contributed by atoms with E-state index in [-0.39, 0.29) is 6.61 Å². The van der Waals surface area contributed by atoms with E-state index >= 15 is 0 Å². The molecule has 5 heteroatoms. The van der Waals surface area contributed by atoms with Gasteiger partial charge < -0.3 is 14.8 Å². The summed E-state index contributed by atoms with van der Waals surface area (Å²) < 4.78 is 0. The molecule has 0 unspecified atom stereocenters. The summed E-state index contributed by atoms with van der Waals surface area (Å²) in [5.41, 5.74) is 0. The summed E-state index contributed by atoms with van der Waals surface area (Å²) in [6.07, 6.45) is -1.05. The molecule has 0 amide bonds. The van der Waals surface area contributed by atoms with Gasteiger partial charge in [0.25, 0.3) is 6.16 Å². The molecule has 5 nitrogen and oxygen atoms in total. The van der Waals surface area contributed by atoms with E-state index in [0.717, 1.165) is 6.42 Å². The molecule has 0 N–H and O–H groups in total. The molecule has 0 aliphatic rings. The van der Waals surface area contributed by atoms with E-state index in [2.05, 4.69) is 14.8 Å². The van der Waals surface area contributed by atoms with E-state index in [9.17, 15) is 9.90 Å². The van der Waals surface area contributed by atoms with Gasteiger partial charge in [0.1, 0.15) is 0 Å². The van der Waals surface area contributed by atoms with Crippen LogP contribution in [0.25, 0.3) is 0 Å². The summed E-state index contributed by atoms with van der Waals surface area (Å²) in [7, 11) is 0. The topological polar surface area (TPSA) is 67.8 Å². The molecule has 0 saturated carbocycles. The fourth-order valence-corrected chi connectivity index (χ4v) is 0.169. The van der Waals surface area contributed by atoms with Crippen molar-refractivity contribution in [3.8, 4) is 0 Å². The smallest absolute Gasteiger partial charge is 0.281 e. The lowest BCUT2D eigenvalue weighted by Gasteiger charge is -2.03. The van der Waals surface area contributed by atoms with Crippen LogP contribution >= 0.6 is 0 Å². The second-order valence-electron chi connectivity index (χ2n) is 1.22. The van der Waals surface area contributed by atoms with Gasteiger partial charge in [-0.25, -0.2) is 4.89 Å². The summed E-state index contributed by atoms with van der Waals surface area (Å²) in [6.45, 7) is 2.12. The highest BCUT2D eigenvalue weighted by Crippen LogP contribution is 1.82. The van der Waals surface area contributed by atoms with Crippen molar-refractivity contribution in [2.75, 3.05) is 6.61 Å². The summed E-state index contributed by atoms with van der Waals surface area (Å²) in [6, 6.07) is 0. The van der Waals surface area contributed by atoms with Crippen molar-refractivity contribution in [1.82, 2.24) is 0 Å². The Kier molecular flexibility index (Phi) is 4.85. The Morgan fingerprint density at radius 3 is 2.78 bits per heavy atom. The lowest BCUT2D eigenvalue weighted by atomic mass is 10.5. The van der Waals surface area contributed by atoms with Gasteiger partial charge >= 0.3 is 0 Å². The SMILES string of the molecule is CCCOOOC(=O)[O-]. The highest BCUT2D eigenvalue weighted by atomic mass is 17.5. The fraction of sp³-hybridized carbons (Fsp3) is 0.750. The van der Waals surface area contributed by atoms with Gasteiger partial charge in [-0.05, 0) is 6.42 Å². The van der Waals surface area contributed by atoms with Gasteiger partial charge in [-0.2, -0.15) is 0 Å². The molecular formula is C4H7O5-. The summed E-state index contributed by atoms with van der Waals surface area (Å²) in [5.74, 6) is 0. The molecular weight excluding hydrogens is 128 g/mol. The normalized spacial score (nSPS) is 9.00. The van der Waals surface area contributed by atoms with Crippen molar-refractivity contribution < 1.29 is 24.7 Å². The van der Waals surface area contributed by atoms with Crippen LogP contribution in [0.5, 0.6) is 0 Å². The predicted octanol–water partition coefficient (Wildman–Crippen LogP) is -0.381. The molecule has 0 spiro atoms. The Morgan fingerprint density at radius 1 is 1.67 bits per heavy atom. The quantitative estimate of drug-likeness (QED) is 0.298. The summed E-state index contributed by atoms with van der Waals surface area (Å²) >= 11 is 0. The van der Waals surface area contributed by atoms with Gasteiger partial charge in [-0.3, -0.25) is 0 Å². The minimum Gasteiger partial charge on any atom is -0.424 e. The van der Waals surface area contributed by atoms with E-state index in [0.29, 0.717) is 0 Å². The molecule has 0 aromatic heterocycles. The van der Waals surface area contributed by atoms with Crippen molar-refractivity contribution in [2.24, 2.45) is 0 Å². The molecule has 0 fully saturated rings. The van der Waals surface area contributed by atoms with Gasteiger partial charge in [-0.15, -0.1) is 0 Å².